The van der Waals surface area contributed by atoms with Crippen LogP contribution in [-0.4, -0.2) is 22.5 Å². The molecular weight excluding hydrogens is 256 g/mol. The van der Waals surface area contributed by atoms with Gasteiger partial charge < -0.3 is 9.73 Å². The van der Waals surface area contributed by atoms with Crippen LogP contribution in [0.1, 0.15) is 37.5 Å². The highest BCUT2D eigenvalue weighted by molar-refractivity contribution is 7.99. The molecule has 4 rings (SSSR count). The predicted molar refractivity (Wildman–Crippen MR) is 80.0 cm³/mol. The average molecular weight is 274 g/mol. The van der Waals surface area contributed by atoms with Crippen molar-refractivity contribution in [2.45, 2.75) is 37.6 Å². The van der Waals surface area contributed by atoms with Gasteiger partial charge in [0.2, 0.25) is 0 Å². The number of nitrogens with zero attached hydrogens (tertiary/aromatic N) is 1. The largest absolute Gasteiger partial charge is 0.440 e. The van der Waals surface area contributed by atoms with Crippen molar-refractivity contribution in [3.63, 3.8) is 0 Å². The van der Waals surface area contributed by atoms with Crippen LogP contribution >= 0.6 is 11.8 Å². The second-order valence-electron chi connectivity index (χ2n) is 5.54. The van der Waals surface area contributed by atoms with Crippen molar-refractivity contribution in [1.82, 2.24) is 4.98 Å². The molecule has 19 heavy (non-hydrogen) atoms. The predicted octanol–water partition coefficient (Wildman–Crippen LogP) is 4.01. The molecule has 0 amide bonds. The molecule has 4 heteroatoms. The van der Waals surface area contributed by atoms with E-state index in [-0.39, 0.29) is 0 Å². The summed E-state index contributed by atoms with van der Waals surface area (Å²) in [6.07, 6.45) is 4.99. The van der Waals surface area contributed by atoms with Crippen LogP contribution in [0, 0.1) is 0 Å². The van der Waals surface area contributed by atoms with Crippen LogP contribution in [0.15, 0.2) is 22.6 Å². The van der Waals surface area contributed by atoms with Gasteiger partial charge in [-0.1, -0.05) is 0 Å². The third kappa shape index (κ3) is 2.46. The first-order chi connectivity index (χ1) is 9.38. The fourth-order valence-corrected chi connectivity index (χ4v) is 3.72. The molecule has 2 aromatic rings. The Kier molecular flexibility index (Phi) is 2.91. The van der Waals surface area contributed by atoms with Crippen LogP contribution in [0.25, 0.3) is 11.1 Å². The number of hydrogen-bond acceptors (Lipinski definition) is 4. The van der Waals surface area contributed by atoms with Crippen LogP contribution < -0.4 is 5.32 Å². The van der Waals surface area contributed by atoms with Crippen molar-refractivity contribution in [2.24, 2.45) is 0 Å². The molecule has 1 aliphatic heterocycles. The van der Waals surface area contributed by atoms with Crippen LogP contribution in [0.2, 0.25) is 0 Å². The Hall–Kier alpha value is -1.16. The third-order valence-electron chi connectivity index (χ3n) is 3.92. The van der Waals surface area contributed by atoms with Crippen LogP contribution in [-0.2, 0) is 0 Å². The Balaban J connectivity index is 1.56. The standard InChI is InChI=1S/C15H18N2OS/c1-2-10(1)15-17-13-9-12(3-4-14(13)18-15)16-11-5-7-19-8-6-11/h3-4,9-11,16H,1-2,5-8H2. The van der Waals surface area contributed by atoms with E-state index in [1.54, 1.807) is 0 Å². The van der Waals surface area contributed by atoms with E-state index >= 15 is 0 Å². The van der Waals surface area contributed by atoms with Crippen molar-refractivity contribution in [3.05, 3.63) is 24.1 Å². The summed E-state index contributed by atoms with van der Waals surface area (Å²) in [5.74, 6) is 4.06. The fourth-order valence-electron chi connectivity index (χ4n) is 2.62. The maximum Gasteiger partial charge on any atom is 0.198 e. The van der Waals surface area contributed by atoms with Gasteiger partial charge in [-0.3, -0.25) is 0 Å². The van der Waals surface area contributed by atoms with E-state index in [0.717, 1.165) is 17.0 Å². The first kappa shape index (κ1) is 11.6. The molecule has 1 saturated carbocycles. The molecule has 2 heterocycles. The number of nitrogens with one attached hydrogen (secondary N) is 1. The number of oxazole rings is 1. The van der Waals surface area contributed by atoms with Gasteiger partial charge in [-0.2, -0.15) is 11.8 Å². The van der Waals surface area contributed by atoms with Gasteiger partial charge in [0.05, 0.1) is 0 Å². The zero-order valence-corrected chi connectivity index (χ0v) is 11.7. The lowest BCUT2D eigenvalue weighted by Gasteiger charge is -2.23. The topological polar surface area (TPSA) is 38.1 Å². The molecule has 2 fully saturated rings. The molecule has 1 aliphatic carbocycles. The van der Waals surface area contributed by atoms with Crippen molar-refractivity contribution < 1.29 is 4.42 Å². The molecule has 0 radical (unpaired) electrons. The smallest absolute Gasteiger partial charge is 0.198 e. The number of anilines is 1. The summed E-state index contributed by atoms with van der Waals surface area (Å²) in [5.41, 5.74) is 3.10. The summed E-state index contributed by atoms with van der Waals surface area (Å²) in [6.45, 7) is 0. The summed E-state index contributed by atoms with van der Waals surface area (Å²) in [4.78, 5) is 4.62. The number of fused-ring (bicyclic) bond motifs is 1. The number of aromatic nitrogens is 1. The Labute approximate surface area is 117 Å². The Bertz CT molecular complexity index is 585. The minimum atomic E-state index is 0.583. The fraction of sp³-hybridized carbons (Fsp3) is 0.533. The van der Waals surface area contributed by atoms with Gasteiger partial charge in [-0.15, -0.1) is 0 Å². The summed E-state index contributed by atoms with van der Waals surface area (Å²) >= 11 is 2.06. The van der Waals surface area contributed by atoms with E-state index in [1.165, 1.54) is 42.9 Å². The molecule has 0 unspecified atom stereocenters. The minimum absolute atomic E-state index is 0.583. The Morgan fingerprint density at radius 1 is 1.16 bits per heavy atom. The van der Waals surface area contributed by atoms with Gasteiger partial charge in [-0.25, -0.2) is 4.98 Å². The molecule has 0 atom stereocenters. The molecule has 2 aliphatic rings. The number of rotatable bonds is 3. The molecule has 1 N–H and O–H groups in total. The van der Waals surface area contributed by atoms with Gasteiger partial charge in [-0.05, 0) is 55.4 Å². The second kappa shape index (κ2) is 4.75. The highest BCUT2D eigenvalue weighted by Gasteiger charge is 2.28. The minimum Gasteiger partial charge on any atom is -0.440 e. The zero-order valence-electron chi connectivity index (χ0n) is 10.9. The van der Waals surface area contributed by atoms with E-state index in [0.29, 0.717) is 12.0 Å². The van der Waals surface area contributed by atoms with Gasteiger partial charge in [0.1, 0.15) is 5.52 Å². The van der Waals surface area contributed by atoms with E-state index in [1.807, 2.05) is 6.07 Å². The first-order valence-corrected chi connectivity index (χ1v) is 8.29. The zero-order chi connectivity index (χ0) is 12.7. The molecule has 1 saturated heterocycles. The molecule has 3 nitrogen and oxygen atoms in total. The SMILES string of the molecule is c1cc2oc(C3CC3)nc2cc1NC1CCSCC1. The van der Waals surface area contributed by atoms with Crippen LogP contribution in [0.5, 0.6) is 0 Å². The highest BCUT2D eigenvalue weighted by Crippen LogP contribution is 2.40. The van der Waals surface area contributed by atoms with E-state index in [4.69, 9.17) is 4.42 Å². The first-order valence-electron chi connectivity index (χ1n) is 7.13. The summed E-state index contributed by atoms with van der Waals surface area (Å²) in [5, 5.41) is 3.63. The van der Waals surface area contributed by atoms with Crippen molar-refractivity contribution in [1.29, 1.82) is 0 Å². The lowest BCUT2D eigenvalue weighted by atomic mass is 10.1. The van der Waals surface area contributed by atoms with Crippen molar-refractivity contribution in [3.8, 4) is 0 Å². The maximum atomic E-state index is 5.79. The Morgan fingerprint density at radius 3 is 2.79 bits per heavy atom. The second-order valence-corrected chi connectivity index (χ2v) is 6.76. The van der Waals surface area contributed by atoms with E-state index in [2.05, 4.69) is 34.2 Å². The number of hydrogen-bond donors (Lipinski definition) is 1. The normalized spacial score (nSPS) is 20.8. The summed E-state index contributed by atoms with van der Waals surface area (Å²) < 4.78 is 5.79. The molecule has 1 aromatic carbocycles. The van der Waals surface area contributed by atoms with Crippen molar-refractivity contribution >= 4 is 28.5 Å². The molecule has 0 spiro atoms. The Morgan fingerprint density at radius 2 is 2.00 bits per heavy atom. The molecule has 100 valence electrons. The summed E-state index contributed by atoms with van der Waals surface area (Å²) in [6, 6.07) is 6.92. The quantitative estimate of drug-likeness (QED) is 0.917. The summed E-state index contributed by atoms with van der Waals surface area (Å²) in [7, 11) is 0. The number of benzene rings is 1. The van der Waals surface area contributed by atoms with Gasteiger partial charge in [0.25, 0.3) is 0 Å². The monoisotopic (exact) mass is 274 g/mol. The average Bonchev–Trinajstić information content (AvgIpc) is 3.20. The van der Waals surface area contributed by atoms with Gasteiger partial charge >= 0.3 is 0 Å². The molecule has 1 aromatic heterocycles. The van der Waals surface area contributed by atoms with Crippen LogP contribution in [0.3, 0.4) is 0 Å². The molecular formula is C15H18N2OS. The molecule has 0 bridgehead atoms. The van der Waals surface area contributed by atoms with Gasteiger partial charge in [0.15, 0.2) is 11.5 Å². The van der Waals surface area contributed by atoms with Crippen molar-refractivity contribution in [2.75, 3.05) is 16.8 Å². The third-order valence-corrected chi connectivity index (χ3v) is 4.97. The lowest BCUT2D eigenvalue weighted by Crippen LogP contribution is -2.24. The van der Waals surface area contributed by atoms with E-state index < -0.39 is 0 Å². The maximum absolute atomic E-state index is 5.79. The highest BCUT2D eigenvalue weighted by atomic mass is 32.2. The van der Waals surface area contributed by atoms with Gasteiger partial charge in [0, 0.05) is 17.6 Å². The van der Waals surface area contributed by atoms with Crippen LogP contribution in [0.4, 0.5) is 5.69 Å². The number of thioether (sulfide) groups is 1. The lowest BCUT2D eigenvalue weighted by molar-refractivity contribution is 0.533. The van der Waals surface area contributed by atoms with E-state index in [9.17, 15) is 0 Å².